The molecule has 0 aromatic rings. The van der Waals surface area contributed by atoms with Gasteiger partial charge in [0.2, 0.25) is 10.5 Å². The molecule has 0 aromatic heterocycles. The van der Waals surface area contributed by atoms with Gasteiger partial charge in [-0.1, -0.05) is 6.58 Å². The predicted molar refractivity (Wildman–Crippen MR) is 26.3 cm³/mol. The minimum Gasteiger partial charge on any atom is -0.524 e. The van der Waals surface area contributed by atoms with Crippen molar-refractivity contribution < 1.29 is 13.6 Å². The summed E-state index contributed by atoms with van der Waals surface area (Å²) in [7, 11) is 0.220. The van der Waals surface area contributed by atoms with Gasteiger partial charge in [0, 0.05) is 0 Å². The third-order valence-electron chi connectivity index (χ3n) is 0.407. The van der Waals surface area contributed by atoms with Gasteiger partial charge in [-0.2, -0.15) is 4.39 Å². The molecule has 0 bridgehead atoms. The number of rotatable bonds is 1. The monoisotopic (exact) mass is 120 g/mol. The van der Waals surface area contributed by atoms with Gasteiger partial charge in [0.05, 0.1) is 0 Å². The Morgan fingerprint density at radius 3 is 2.29 bits per heavy atom. The highest BCUT2D eigenvalue weighted by molar-refractivity contribution is 6.08. The number of hydrogen-bond donors (Lipinski definition) is 0. The van der Waals surface area contributed by atoms with Crippen LogP contribution >= 0.6 is 0 Å². The Morgan fingerprint density at radius 1 is 1.86 bits per heavy atom. The van der Waals surface area contributed by atoms with Crippen molar-refractivity contribution in [3.8, 4) is 0 Å². The predicted octanol–water partition coefficient (Wildman–Crippen LogP) is -0.707. The summed E-state index contributed by atoms with van der Waals surface area (Å²) in [6.45, 7) is 2.71. The summed E-state index contributed by atoms with van der Waals surface area (Å²) in [5, 5.41) is 0. The van der Waals surface area contributed by atoms with Crippen LogP contribution in [0, 0.1) is 0 Å². The number of carbonyl (C=O) groups excluding carboxylic acids is 1. The lowest BCUT2D eigenvalue weighted by atomic mass is 10.6. The first-order chi connectivity index (χ1) is 3.18. The van der Waals surface area contributed by atoms with Crippen LogP contribution < -0.4 is 0 Å². The van der Waals surface area contributed by atoms with Crippen LogP contribution in [-0.2, 0) is 9.22 Å². The Bertz CT molecular complexity index is 101. The molecule has 7 heavy (non-hydrogen) atoms. The normalized spacial score (nSPS) is 8.14. The molecule has 0 aliphatic rings. The highest BCUT2D eigenvalue weighted by atomic mass is 28.2. The van der Waals surface area contributed by atoms with Gasteiger partial charge in [-0.15, -0.1) is 0 Å². The molecule has 0 N–H and O–H groups in total. The van der Waals surface area contributed by atoms with Crippen molar-refractivity contribution in [2.45, 2.75) is 0 Å². The van der Waals surface area contributed by atoms with Gasteiger partial charge in [-0.3, -0.25) is 0 Å². The van der Waals surface area contributed by atoms with Crippen molar-refractivity contribution in [2.24, 2.45) is 0 Å². The number of halogens is 1. The molecule has 40 valence electrons. The zero-order chi connectivity index (χ0) is 5.86. The lowest BCUT2D eigenvalue weighted by Gasteiger charge is -1.89. The maximum absolute atomic E-state index is 11.4. The van der Waals surface area contributed by atoms with E-state index in [1.807, 2.05) is 0 Å². The van der Waals surface area contributed by atoms with Crippen LogP contribution in [-0.4, -0.2) is 16.5 Å². The third kappa shape index (κ3) is 2.10. The van der Waals surface area contributed by atoms with Crippen molar-refractivity contribution in [3.63, 3.8) is 0 Å². The summed E-state index contributed by atoms with van der Waals surface area (Å²) in [6, 6.07) is 0. The molecule has 0 atom stereocenters. The molecule has 0 heterocycles. The van der Waals surface area contributed by atoms with E-state index in [1.165, 1.54) is 0 Å². The van der Waals surface area contributed by atoms with Gasteiger partial charge in [-0.25, -0.2) is 4.79 Å². The first-order valence-corrected chi connectivity index (χ1v) is 2.43. The molecule has 0 amide bonds. The van der Waals surface area contributed by atoms with Gasteiger partial charge in [0.15, 0.2) is 5.83 Å². The minimum absolute atomic E-state index is 0.220. The second-order valence-electron chi connectivity index (χ2n) is 0.896. The highest BCUT2D eigenvalue weighted by Gasteiger charge is 2.00. The van der Waals surface area contributed by atoms with E-state index in [-0.39, 0.29) is 10.5 Å². The quantitative estimate of drug-likeness (QED) is 0.337. The Balaban J connectivity index is 3.58. The fraction of sp³-hybridized carbons (Fsp3) is 0. The summed E-state index contributed by atoms with van der Waals surface area (Å²) < 4.78 is 15.5. The van der Waals surface area contributed by atoms with E-state index in [4.69, 9.17) is 0 Å². The van der Waals surface area contributed by atoms with Crippen molar-refractivity contribution in [1.82, 2.24) is 0 Å². The first kappa shape index (κ1) is 6.36. The van der Waals surface area contributed by atoms with Crippen LogP contribution in [0.5, 0.6) is 0 Å². The Labute approximate surface area is 43.5 Å². The maximum atomic E-state index is 11.4. The number of hydrogen-bond acceptors (Lipinski definition) is 2. The third-order valence-corrected chi connectivity index (χ3v) is 0.778. The lowest BCUT2D eigenvalue weighted by Crippen LogP contribution is -1.99. The molecule has 4 heteroatoms. The highest BCUT2D eigenvalue weighted by Crippen LogP contribution is 1.90. The van der Waals surface area contributed by atoms with Gasteiger partial charge in [0.25, 0.3) is 0 Å². The molecule has 0 radical (unpaired) electrons. The van der Waals surface area contributed by atoms with E-state index in [2.05, 4.69) is 11.0 Å². The van der Waals surface area contributed by atoms with Gasteiger partial charge >= 0.3 is 5.97 Å². The molecule has 0 aromatic carbocycles. The van der Waals surface area contributed by atoms with Crippen LogP contribution in [0.25, 0.3) is 0 Å². The second kappa shape index (κ2) is 2.52. The van der Waals surface area contributed by atoms with Crippen molar-refractivity contribution in [3.05, 3.63) is 12.4 Å². The SMILES string of the molecule is C=C(F)C(=O)O[SiH3]. The van der Waals surface area contributed by atoms with Crippen molar-refractivity contribution in [1.29, 1.82) is 0 Å². The fourth-order valence-electron chi connectivity index (χ4n) is 0.111. The molecule has 0 spiro atoms. The molecule has 0 saturated carbocycles. The van der Waals surface area contributed by atoms with E-state index in [1.54, 1.807) is 0 Å². The molecule has 0 fully saturated rings. The van der Waals surface area contributed by atoms with Crippen LogP contribution in [0.4, 0.5) is 4.39 Å². The average Bonchev–Trinajstić information content (AvgIpc) is 1.65. The van der Waals surface area contributed by atoms with E-state index in [9.17, 15) is 9.18 Å². The van der Waals surface area contributed by atoms with E-state index >= 15 is 0 Å². The summed E-state index contributed by atoms with van der Waals surface area (Å²) in [4.78, 5) is 9.85. The van der Waals surface area contributed by atoms with Crippen LogP contribution in [0.2, 0.25) is 0 Å². The second-order valence-corrected chi connectivity index (χ2v) is 1.30. The molecular formula is C3H5FO2Si. The van der Waals surface area contributed by atoms with E-state index in [0.717, 1.165) is 0 Å². The molecule has 2 nitrogen and oxygen atoms in total. The minimum atomic E-state index is -1.03. The van der Waals surface area contributed by atoms with Crippen molar-refractivity contribution in [2.75, 3.05) is 0 Å². The van der Waals surface area contributed by atoms with Crippen LogP contribution in [0.15, 0.2) is 12.4 Å². The Morgan fingerprint density at radius 2 is 2.29 bits per heavy atom. The zero-order valence-corrected chi connectivity index (χ0v) is 5.90. The molecular weight excluding hydrogens is 115 g/mol. The standard InChI is InChI=1S/C3H5FO2Si/c1-2(4)3(5)6-7/h1H2,7H3. The lowest BCUT2D eigenvalue weighted by molar-refractivity contribution is -0.131. The topological polar surface area (TPSA) is 26.3 Å². The summed E-state index contributed by atoms with van der Waals surface area (Å²) >= 11 is 0. The van der Waals surface area contributed by atoms with Gasteiger partial charge in [-0.05, 0) is 0 Å². The molecule has 0 unspecified atom stereocenters. The maximum Gasteiger partial charge on any atom is 0.352 e. The van der Waals surface area contributed by atoms with E-state index in [0.29, 0.717) is 0 Å². The van der Waals surface area contributed by atoms with Crippen LogP contribution in [0.3, 0.4) is 0 Å². The summed E-state index contributed by atoms with van der Waals surface area (Å²) in [5.41, 5.74) is 0. The van der Waals surface area contributed by atoms with Crippen LogP contribution in [0.1, 0.15) is 0 Å². The Kier molecular flexibility index (Phi) is 2.29. The molecule has 0 rings (SSSR count). The Hall–Kier alpha value is -0.643. The fourth-order valence-corrected chi connectivity index (χ4v) is 0.332. The smallest absolute Gasteiger partial charge is 0.352 e. The van der Waals surface area contributed by atoms with Crippen molar-refractivity contribution >= 4 is 16.5 Å². The zero-order valence-electron chi connectivity index (χ0n) is 3.90. The largest absolute Gasteiger partial charge is 0.524 e. The van der Waals surface area contributed by atoms with Gasteiger partial charge in [0.1, 0.15) is 0 Å². The molecule has 0 aliphatic heterocycles. The first-order valence-electron chi connectivity index (χ1n) is 1.61. The summed E-state index contributed by atoms with van der Waals surface area (Å²) in [5.74, 6) is -1.98. The van der Waals surface area contributed by atoms with Gasteiger partial charge < -0.3 is 4.43 Å². The summed E-state index contributed by atoms with van der Waals surface area (Å²) in [6.07, 6.45) is 0. The average molecular weight is 120 g/mol. The van der Waals surface area contributed by atoms with E-state index < -0.39 is 11.8 Å². The molecule has 0 saturated heterocycles. The molecule has 0 aliphatic carbocycles. The number of carbonyl (C=O) groups is 1.